The fourth-order valence-electron chi connectivity index (χ4n) is 7.00. The van der Waals surface area contributed by atoms with Crippen molar-refractivity contribution < 1.29 is 0 Å². The first-order valence-electron chi connectivity index (χ1n) is 16.8. The Balaban J connectivity index is 1.34. The Morgan fingerprint density at radius 2 is 1.31 bits per heavy atom. The number of aromatic nitrogens is 4. The summed E-state index contributed by atoms with van der Waals surface area (Å²) in [4.78, 5) is 14.1. The average Bonchev–Trinajstić information content (AvgIpc) is 3.67. The van der Waals surface area contributed by atoms with Crippen LogP contribution in [0.15, 0.2) is 128 Å². The fourth-order valence-corrected chi connectivity index (χ4v) is 7.00. The number of nitrogens with zero attached hydrogens (tertiary/aromatic N) is 3. The second-order valence-corrected chi connectivity index (χ2v) is 14.9. The maximum atomic E-state index is 5.55. The predicted octanol–water partition coefficient (Wildman–Crippen LogP) is 11.8. The molecule has 0 spiro atoms. The van der Waals surface area contributed by atoms with Crippen LogP contribution in [0.1, 0.15) is 47.1 Å². The van der Waals surface area contributed by atoms with Crippen molar-refractivity contribution in [3.05, 3.63) is 133 Å². The third-order valence-electron chi connectivity index (χ3n) is 9.41. The summed E-state index contributed by atoms with van der Waals surface area (Å²) < 4.78 is 2.42. The van der Waals surface area contributed by atoms with Crippen LogP contribution < -0.4 is 0 Å². The molecule has 0 fully saturated rings. The van der Waals surface area contributed by atoms with Crippen LogP contribution in [0.3, 0.4) is 0 Å². The summed E-state index contributed by atoms with van der Waals surface area (Å²) in [6.07, 6.45) is 1.90. The minimum Gasteiger partial charge on any atom is -0.354 e. The number of benzene rings is 5. The summed E-state index contributed by atoms with van der Waals surface area (Å²) in [7, 11) is 0. The predicted molar refractivity (Wildman–Crippen MR) is 202 cm³/mol. The molecule has 0 aliphatic heterocycles. The van der Waals surface area contributed by atoms with E-state index in [4.69, 9.17) is 9.97 Å². The molecule has 0 unspecified atom stereocenters. The number of pyridine rings is 1. The molecule has 3 aromatic heterocycles. The molecule has 48 heavy (non-hydrogen) atoms. The second kappa shape index (κ2) is 11.1. The van der Waals surface area contributed by atoms with Gasteiger partial charge in [-0.3, -0.25) is 4.98 Å². The SMILES string of the molecule is CC(C)(C)c1cc(-c2nc3c(-c4cccc(-c5cc(-c6ccccc6)ccn5)c4)cccc3n2C(C)(C)C)c2[nH]c3ccccc3c2c1. The summed E-state index contributed by atoms with van der Waals surface area (Å²) >= 11 is 0. The van der Waals surface area contributed by atoms with E-state index >= 15 is 0 Å². The Morgan fingerprint density at radius 3 is 2.10 bits per heavy atom. The van der Waals surface area contributed by atoms with E-state index in [0.717, 1.165) is 61.4 Å². The van der Waals surface area contributed by atoms with Crippen LogP contribution >= 0.6 is 0 Å². The lowest BCUT2D eigenvalue weighted by atomic mass is 9.85. The van der Waals surface area contributed by atoms with Crippen LogP contribution in [-0.4, -0.2) is 19.5 Å². The second-order valence-electron chi connectivity index (χ2n) is 14.9. The van der Waals surface area contributed by atoms with Crippen LogP contribution in [0.5, 0.6) is 0 Å². The molecule has 0 bridgehead atoms. The maximum absolute atomic E-state index is 5.55. The quantitative estimate of drug-likeness (QED) is 0.212. The Bertz CT molecular complexity index is 2470. The van der Waals surface area contributed by atoms with Crippen LogP contribution in [0.25, 0.3) is 77.7 Å². The first kappa shape index (κ1) is 29.9. The maximum Gasteiger partial charge on any atom is 0.143 e. The van der Waals surface area contributed by atoms with Crippen molar-refractivity contribution in [1.29, 1.82) is 0 Å². The number of aromatic amines is 1. The summed E-state index contributed by atoms with van der Waals surface area (Å²) in [6, 6.07) is 43.3. The van der Waals surface area contributed by atoms with Gasteiger partial charge in [0.25, 0.3) is 0 Å². The Labute approximate surface area is 282 Å². The van der Waals surface area contributed by atoms with E-state index in [1.165, 1.54) is 21.9 Å². The van der Waals surface area contributed by atoms with Gasteiger partial charge in [-0.05, 0) is 90.9 Å². The number of fused-ring (bicyclic) bond motifs is 4. The highest BCUT2D eigenvalue weighted by Crippen LogP contribution is 2.42. The minimum absolute atomic E-state index is 0.0304. The van der Waals surface area contributed by atoms with Gasteiger partial charge in [0.15, 0.2) is 0 Å². The van der Waals surface area contributed by atoms with Gasteiger partial charge >= 0.3 is 0 Å². The van der Waals surface area contributed by atoms with E-state index in [2.05, 4.69) is 166 Å². The van der Waals surface area contributed by atoms with E-state index in [-0.39, 0.29) is 11.0 Å². The normalized spacial score (nSPS) is 12.4. The molecule has 0 atom stereocenters. The minimum atomic E-state index is -0.220. The van der Waals surface area contributed by atoms with Gasteiger partial charge in [0.05, 0.1) is 22.2 Å². The van der Waals surface area contributed by atoms with Crippen molar-refractivity contribution in [1.82, 2.24) is 19.5 Å². The molecule has 4 heteroatoms. The Hall–Kier alpha value is -5.48. The molecule has 8 rings (SSSR count). The highest BCUT2D eigenvalue weighted by Gasteiger charge is 2.27. The van der Waals surface area contributed by atoms with Gasteiger partial charge in [-0.15, -0.1) is 0 Å². The van der Waals surface area contributed by atoms with Crippen molar-refractivity contribution in [3.8, 4) is 44.9 Å². The zero-order chi connectivity index (χ0) is 33.2. The standard InChI is InChI=1S/C44H40N4/c1-43(2,3)32-26-35-34-18-10-11-20-37(34)46-40(35)36(27-32)42-47-41-33(19-13-21-39(41)48(42)44(4,5)6)30-16-12-17-31(24-30)38-25-29(22-23-45-38)28-14-8-7-9-15-28/h7-27,46H,1-6H3. The highest BCUT2D eigenvalue weighted by atomic mass is 15.1. The van der Waals surface area contributed by atoms with E-state index in [0.29, 0.717) is 0 Å². The molecule has 4 nitrogen and oxygen atoms in total. The number of imidazole rings is 1. The third-order valence-corrected chi connectivity index (χ3v) is 9.41. The first-order valence-corrected chi connectivity index (χ1v) is 16.8. The van der Waals surface area contributed by atoms with E-state index < -0.39 is 0 Å². The van der Waals surface area contributed by atoms with E-state index in [1.54, 1.807) is 0 Å². The smallest absolute Gasteiger partial charge is 0.143 e. The van der Waals surface area contributed by atoms with Crippen molar-refractivity contribution in [3.63, 3.8) is 0 Å². The highest BCUT2D eigenvalue weighted by molar-refractivity contribution is 6.12. The van der Waals surface area contributed by atoms with Gasteiger partial charge in [-0.25, -0.2) is 4.98 Å². The van der Waals surface area contributed by atoms with Crippen molar-refractivity contribution in [2.75, 3.05) is 0 Å². The van der Waals surface area contributed by atoms with Gasteiger partial charge in [0.1, 0.15) is 5.82 Å². The molecule has 3 heterocycles. The summed E-state index contributed by atoms with van der Waals surface area (Å²) in [5.41, 5.74) is 13.1. The van der Waals surface area contributed by atoms with Crippen LogP contribution in [0.4, 0.5) is 0 Å². The van der Waals surface area contributed by atoms with Gasteiger partial charge < -0.3 is 9.55 Å². The zero-order valence-corrected chi connectivity index (χ0v) is 28.5. The molecule has 0 saturated carbocycles. The number of nitrogens with one attached hydrogen (secondary N) is 1. The molecule has 8 aromatic rings. The molecule has 5 aromatic carbocycles. The molecule has 0 amide bonds. The molecular weight excluding hydrogens is 585 g/mol. The van der Waals surface area contributed by atoms with Crippen LogP contribution in [0, 0.1) is 0 Å². The van der Waals surface area contributed by atoms with Gasteiger partial charge in [0.2, 0.25) is 0 Å². The Kier molecular flexibility index (Phi) is 6.89. The number of rotatable bonds is 4. The van der Waals surface area contributed by atoms with Crippen LogP contribution in [-0.2, 0) is 11.0 Å². The monoisotopic (exact) mass is 624 g/mol. The molecule has 0 radical (unpaired) electrons. The first-order chi connectivity index (χ1) is 23.1. The van der Waals surface area contributed by atoms with Gasteiger partial charge in [-0.2, -0.15) is 0 Å². The largest absolute Gasteiger partial charge is 0.354 e. The van der Waals surface area contributed by atoms with Crippen molar-refractivity contribution in [2.24, 2.45) is 0 Å². The van der Waals surface area contributed by atoms with E-state index in [9.17, 15) is 0 Å². The molecular formula is C44H40N4. The molecule has 0 aliphatic carbocycles. The van der Waals surface area contributed by atoms with E-state index in [1.807, 2.05) is 12.3 Å². The van der Waals surface area contributed by atoms with Crippen LogP contribution in [0.2, 0.25) is 0 Å². The molecule has 1 N–H and O–H groups in total. The number of hydrogen-bond donors (Lipinski definition) is 1. The number of para-hydroxylation sites is 2. The lowest BCUT2D eigenvalue weighted by molar-refractivity contribution is 0.413. The average molecular weight is 625 g/mol. The van der Waals surface area contributed by atoms with Gasteiger partial charge in [-0.1, -0.05) is 99.6 Å². The summed E-state index contributed by atoms with van der Waals surface area (Å²) in [5, 5.41) is 2.47. The zero-order valence-electron chi connectivity index (χ0n) is 28.5. The molecule has 236 valence electrons. The topological polar surface area (TPSA) is 46.5 Å². The lowest BCUT2D eigenvalue weighted by Crippen LogP contribution is -2.23. The summed E-state index contributed by atoms with van der Waals surface area (Å²) in [5.74, 6) is 0.973. The molecule has 0 saturated heterocycles. The third kappa shape index (κ3) is 5.09. The summed E-state index contributed by atoms with van der Waals surface area (Å²) in [6.45, 7) is 13.7. The lowest BCUT2D eigenvalue weighted by Gasteiger charge is -2.26. The van der Waals surface area contributed by atoms with Gasteiger partial charge in [0, 0.05) is 44.7 Å². The fraction of sp³-hybridized carbons (Fsp3) is 0.182. The van der Waals surface area contributed by atoms with Crippen molar-refractivity contribution >= 4 is 32.8 Å². The Morgan fingerprint density at radius 1 is 0.583 bits per heavy atom. The van der Waals surface area contributed by atoms with Crippen molar-refractivity contribution in [2.45, 2.75) is 52.5 Å². The molecule has 0 aliphatic rings. The number of H-pyrrole nitrogens is 1. The number of hydrogen-bond acceptors (Lipinski definition) is 2.